The summed E-state index contributed by atoms with van der Waals surface area (Å²) in [4.78, 5) is 21.7. The molecule has 2 rings (SSSR count). The van der Waals surface area contributed by atoms with E-state index in [0.29, 0.717) is 17.2 Å². The van der Waals surface area contributed by atoms with Crippen LogP contribution in [0, 0.1) is 0 Å². The summed E-state index contributed by atoms with van der Waals surface area (Å²) >= 11 is 0. The lowest BCUT2D eigenvalue weighted by molar-refractivity contribution is 0.0987. The van der Waals surface area contributed by atoms with Gasteiger partial charge in [0.15, 0.2) is 0 Å². The number of hydrogen-bond donors (Lipinski definition) is 2. The standard InChI is InChI=1S/C12H13N5O/c1-17(11-4-2-3-6-15-11)12(18)10-8-9(16-13)5-7-14-10/h2-8H,13H2,1H3,(H,14,16). The molecule has 0 aromatic carbocycles. The summed E-state index contributed by atoms with van der Waals surface area (Å²) < 4.78 is 0. The molecular formula is C12H13N5O. The van der Waals surface area contributed by atoms with E-state index in [0.717, 1.165) is 0 Å². The van der Waals surface area contributed by atoms with Gasteiger partial charge in [-0.25, -0.2) is 4.98 Å². The van der Waals surface area contributed by atoms with Crippen molar-refractivity contribution in [3.8, 4) is 0 Å². The van der Waals surface area contributed by atoms with Crippen LogP contribution in [0.15, 0.2) is 42.7 Å². The van der Waals surface area contributed by atoms with Gasteiger partial charge in [0.2, 0.25) is 0 Å². The molecule has 2 aromatic heterocycles. The average Bonchev–Trinajstić information content (AvgIpc) is 2.46. The SMILES string of the molecule is CN(C(=O)c1cc(NN)ccn1)c1ccccn1. The fourth-order valence-corrected chi connectivity index (χ4v) is 1.47. The van der Waals surface area contributed by atoms with Crippen LogP contribution >= 0.6 is 0 Å². The molecule has 0 unspecified atom stereocenters. The Morgan fingerprint density at radius 1 is 1.28 bits per heavy atom. The highest BCUT2D eigenvalue weighted by molar-refractivity contribution is 6.04. The number of hydrazine groups is 1. The largest absolute Gasteiger partial charge is 0.324 e. The van der Waals surface area contributed by atoms with Crippen molar-refractivity contribution < 1.29 is 4.79 Å². The number of nitrogens with one attached hydrogen (secondary N) is 1. The number of aromatic nitrogens is 2. The maximum Gasteiger partial charge on any atom is 0.277 e. The zero-order valence-electron chi connectivity index (χ0n) is 9.87. The van der Waals surface area contributed by atoms with Gasteiger partial charge in [-0.3, -0.25) is 20.5 Å². The number of nitrogen functional groups attached to an aromatic ring is 1. The second kappa shape index (κ2) is 5.24. The van der Waals surface area contributed by atoms with Gasteiger partial charge in [0.05, 0.1) is 5.69 Å². The number of anilines is 2. The van der Waals surface area contributed by atoms with Crippen molar-refractivity contribution in [2.45, 2.75) is 0 Å². The van der Waals surface area contributed by atoms with Crippen LogP contribution in [0.25, 0.3) is 0 Å². The Kier molecular flexibility index (Phi) is 3.49. The van der Waals surface area contributed by atoms with Crippen molar-refractivity contribution in [3.05, 3.63) is 48.4 Å². The molecule has 0 saturated carbocycles. The van der Waals surface area contributed by atoms with Gasteiger partial charge < -0.3 is 5.43 Å². The molecule has 6 nitrogen and oxygen atoms in total. The van der Waals surface area contributed by atoms with E-state index in [9.17, 15) is 4.79 Å². The van der Waals surface area contributed by atoms with Crippen molar-refractivity contribution in [2.24, 2.45) is 5.84 Å². The number of nitrogens with zero attached hydrogens (tertiary/aromatic N) is 3. The third kappa shape index (κ3) is 2.44. The quantitative estimate of drug-likeness (QED) is 0.621. The number of carbonyl (C=O) groups is 1. The third-order valence-electron chi connectivity index (χ3n) is 2.44. The van der Waals surface area contributed by atoms with E-state index in [2.05, 4.69) is 15.4 Å². The molecule has 0 saturated heterocycles. The first kappa shape index (κ1) is 12.0. The van der Waals surface area contributed by atoms with E-state index >= 15 is 0 Å². The van der Waals surface area contributed by atoms with E-state index in [-0.39, 0.29) is 5.91 Å². The predicted molar refractivity (Wildman–Crippen MR) is 69.0 cm³/mol. The summed E-state index contributed by atoms with van der Waals surface area (Å²) in [6.07, 6.45) is 3.15. The summed E-state index contributed by atoms with van der Waals surface area (Å²) in [5, 5.41) is 0. The van der Waals surface area contributed by atoms with Crippen molar-refractivity contribution >= 4 is 17.4 Å². The van der Waals surface area contributed by atoms with E-state index < -0.39 is 0 Å². The maximum atomic E-state index is 12.2. The molecule has 0 aliphatic heterocycles. The minimum atomic E-state index is -0.245. The highest BCUT2D eigenvalue weighted by Crippen LogP contribution is 2.12. The fourth-order valence-electron chi connectivity index (χ4n) is 1.47. The number of pyridine rings is 2. The van der Waals surface area contributed by atoms with Gasteiger partial charge in [0, 0.05) is 19.4 Å². The molecular weight excluding hydrogens is 230 g/mol. The van der Waals surface area contributed by atoms with Crippen LogP contribution in [-0.4, -0.2) is 22.9 Å². The van der Waals surface area contributed by atoms with Crippen molar-refractivity contribution in [2.75, 3.05) is 17.4 Å². The molecule has 6 heteroatoms. The number of carbonyl (C=O) groups excluding carboxylic acids is 1. The number of rotatable bonds is 3. The number of hydrogen-bond acceptors (Lipinski definition) is 5. The Morgan fingerprint density at radius 3 is 2.78 bits per heavy atom. The third-order valence-corrected chi connectivity index (χ3v) is 2.44. The summed E-state index contributed by atoms with van der Waals surface area (Å²) in [6, 6.07) is 8.62. The molecule has 0 radical (unpaired) electrons. The van der Waals surface area contributed by atoms with Crippen LogP contribution < -0.4 is 16.2 Å². The minimum Gasteiger partial charge on any atom is -0.324 e. The van der Waals surface area contributed by atoms with Crippen molar-refractivity contribution in [1.29, 1.82) is 0 Å². The highest BCUT2D eigenvalue weighted by Gasteiger charge is 2.15. The normalized spacial score (nSPS) is 9.89. The van der Waals surface area contributed by atoms with Gasteiger partial charge in [-0.2, -0.15) is 0 Å². The monoisotopic (exact) mass is 243 g/mol. The molecule has 0 fully saturated rings. The smallest absolute Gasteiger partial charge is 0.277 e. The number of nitrogens with two attached hydrogens (primary N) is 1. The molecule has 0 aliphatic rings. The first-order valence-electron chi connectivity index (χ1n) is 5.34. The second-order valence-corrected chi connectivity index (χ2v) is 3.63. The summed E-state index contributed by atoms with van der Waals surface area (Å²) in [5.41, 5.74) is 3.41. The Labute approximate surface area is 104 Å². The van der Waals surface area contributed by atoms with Crippen LogP contribution in [0.4, 0.5) is 11.5 Å². The van der Waals surface area contributed by atoms with Crippen molar-refractivity contribution in [1.82, 2.24) is 9.97 Å². The van der Waals surface area contributed by atoms with E-state index in [1.165, 1.54) is 11.1 Å². The van der Waals surface area contributed by atoms with Gasteiger partial charge in [-0.1, -0.05) is 6.07 Å². The van der Waals surface area contributed by atoms with E-state index in [1.54, 1.807) is 37.5 Å². The molecule has 2 aromatic rings. The van der Waals surface area contributed by atoms with E-state index in [1.807, 2.05) is 6.07 Å². The Bertz CT molecular complexity index is 543. The molecule has 18 heavy (non-hydrogen) atoms. The minimum absolute atomic E-state index is 0.245. The van der Waals surface area contributed by atoms with Crippen LogP contribution in [-0.2, 0) is 0 Å². The maximum absolute atomic E-state index is 12.2. The molecule has 0 atom stereocenters. The van der Waals surface area contributed by atoms with Crippen LogP contribution in [0.1, 0.15) is 10.5 Å². The van der Waals surface area contributed by atoms with Gasteiger partial charge >= 0.3 is 0 Å². The highest BCUT2D eigenvalue weighted by atomic mass is 16.2. The van der Waals surface area contributed by atoms with Gasteiger partial charge in [0.25, 0.3) is 5.91 Å². The molecule has 2 heterocycles. The van der Waals surface area contributed by atoms with Crippen LogP contribution in [0.5, 0.6) is 0 Å². The predicted octanol–water partition coefficient (Wildman–Crippen LogP) is 1.04. The lowest BCUT2D eigenvalue weighted by Crippen LogP contribution is -2.28. The molecule has 0 spiro atoms. The Hall–Kier alpha value is -2.47. The zero-order valence-corrected chi connectivity index (χ0v) is 9.87. The lowest BCUT2D eigenvalue weighted by Gasteiger charge is -2.15. The number of amides is 1. The van der Waals surface area contributed by atoms with Crippen molar-refractivity contribution in [3.63, 3.8) is 0 Å². The van der Waals surface area contributed by atoms with Crippen LogP contribution in [0.3, 0.4) is 0 Å². The molecule has 1 amide bonds. The van der Waals surface area contributed by atoms with E-state index in [4.69, 9.17) is 5.84 Å². The fraction of sp³-hybridized carbons (Fsp3) is 0.0833. The molecule has 0 bridgehead atoms. The zero-order chi connectivity index (χ0) is 13.0. The Morgan fingerprint density at radius 2 is 2.11 bits per heavy atom. The summed E-state index contributed by atoms with van der Waals surface area (Å²) in [6.45, 7) is 0. The Balaban J connectivity index is 2.25. The first-order valence-corrected chi connectivity index (χ1v) is 5.34. The first-order chi connectivity index (χ1) is 8.72. The molecule has 3 N–H and O–H groups in total. The summed E-state index contributed by atoms with van der Waals surface area (Å²) in [7, 11) is 1.65. The molecule has 0 aliphatic carbocycles. The average molecular weight is 243 g/mol. The lowest BCUT2D eigenvalue weighted by atomic mass is 10.3. The van der Waals surface area contributed by atoms with Crippen LogP contribution in [0.2, 0.25) is 0 Å². The topological polar surface area (TPSA) is 84.1 Å². The molecule has 92 valence electrons. The van der Waals surface area contributed by atoms with Gasteiger partial charge in [0.1, 0.15) is 11.5 Å². The summed E-state index contributed by atoms with van der Waals surface area (Å²) in [5.74, 6) is 5.61. The second-order valence-electron chi connectivity index (χ2n) is 3.63. The van der Waals surface area contributed by atoms with Gasteiger partial charge in [-0.15, -0.1) is 0 Å². The van der Waals surface area contributed by atoms with Gasteiger partial charge in [-0.05, 0) is 24.3 Å².